The molecule has 154 valence electrons. The van der Waals surface area contributed by atoms with Crippen LogP contribution in [-0.4, -0.2) is 18.7 Å². The lowest BCUT2D eigenvalue weighted by molar-refractivity contribution is 0.340. The second-order valence-electron chi connectivity index (χ2n) is 9.57. The molecular weight excluding hydrogens is 366 g/mol. The molecule has 2 nitrogen and oxygen atoms in total. The Morgan fingerprint density at radius 3 is 2.63 bits per heavy atom. The topological polar surface area (TPSA) is 21.3 Å². The summed E-state index contributed by atoms with van der Waals surface area (Å²) in [6, 6.07) is 17.8. The largest absolute Gasteiger partial charge is 0.496 e. The smallest absolute Gasteiger partial charge is 0.126 e. The molecule has 0 bridgehead atoms. The van der Waals surface area contributed by atoms with Crippen LogP contribution >= 0.6 is 0 Å². The van der Waals surface area contributed by atoms with Crippen molar-refractivity contribution in [2.45, 2.75) is 45.2 Å². The van der Waals surface area contributed by atoms with Crippen molar-refractivity contribution in [2.75, 3.05) is 7.11 Å². The Hall–Kier alpha value is -2.58. The summed E-state index contributed by atoms with van der Waals surface area (Å²) in [5.41, 5.74) is 8.58. The Morgan fingerprint density at radius 1 is 1.07 bits per heavy atom. The average Bonchev–Trinajstić information content (AvgIpc) is 2.72. The van der Waals surface area contributed by atoms with Crippen molar-refractivity contribution in [3.05, 3.63) is 94.6 Å². The molecule has 3 aliphatic rings. The van der Waals surface area contributed by atoms with Gasteiger partial charge in [0, 0.05) is 23.1 Å². The van der Waals surface area contributed by atoms with Gasteiger partial charge in [-0.15, -0.1) is 0 Å². The van der Waals surface area contributed by atoms with Crippen LogP contribution in [0.3, 0.4) is 0 Å². The van der Waals surface area contributed by atoms with Gasteiger partial charge in [-0.1, -0.05) is 66.3 Å². The van der Waals surface area contributed by atoms with Gasteiger partial charge in [-0.05, 0) is 67.9 Å². The van der Waals surface area contributed by atoms with Gasteiger partial charge in [0.2, 0.25) is 0 Å². The number of nitrogens with one attached hydrogen (secondary N) is 1. The first-order valence-corrected chi connectivity index (χ1v) is 11.1. The van der Waals surface area contributed by atoms with E-state index in [0.29, 0.717) is 17.9 Å². The van der Waals surface area contributed by atoms with Gasteiger partial charge in [-0.3, -0.25) is 0 Å². The SMILES string of the molecule is COc1cccc2c1C1=C(C(Cc3ccccc3)C2)C2C(C)=CC(C)(C)NC2C=C1. The molecule has 3 atom stereocenters. The third-order valence-electron chi connectivity index (χ3n) is 6.93. The van der Waals surface area contributed by atoms with E-state index in [4.69, 9.17) is 4.74 Å². The fourth-order valence-corrected chi connectivity index (χ4v) is 5.94. The normalized spacial score (nSPS) is 26.4. The quantitative estimate of drug-likeness (QED) is 0.666. The van der Waals surface area contributed by atoms with E-state index < -0.39 is 0 Å². The summed E-state index contributed by atoms with van der Waals surface area (Å²) >= 11 is 0. The van der Waals surface area contributed by atoms with Crippen LogP contribution < -0.4 is 10.1 Å². The minimum absolute atomic E-state index is 0.0207. The molecule has 0 aromatic heterocycles. The van der Waals surface area contributed by atoms with Crippen molar-refractivity contribution in [1.29, 1.82) is 0 Å². The Kier molecular flexibility index (Phi) is 4.71. The third kappa shape index (κ3) is 3.24. The monoisotopic (exact) mass is 397 g/mol. The van der Waals surface area contributed by atoms with E-state index >= 15 is 0 Å². The summed E-state index contributed by atoms with van der Waals surface area (Å²) in [6.45, 7) is 6.86. The highest BCUT2D eigenvalue weighted by Gasteiger charge is 2.42. The molecule has 0 radical (unpaired) electrons. The molecule has 2 aromatic rings. The maximum atomic E-state index is 5.81. The predicted octanol–water partition coefficient (Wildman–Crippen LogP) is 5.75. The zero-order valence-electron chi connectivity index (χ0n) is 18.4. The first-order chi connectivity index (χ1) is 14.5. The van der Waals surface area contributed by atoms with Crippen LogP contribution in [-0.2, 0) is 12.8 Å². The summed E-state index contributed by atoms with van der Waals surface area (Å²) in [5, 5.41) is 3.87. The lowest BCUT2D eigenvalue weighted by Crippen LogP contribution is -2.53. The Labute approximate surface area is 180 Å². The van der Waals surface area contributed by atoms with Crippen LogP contribution in [0.5, 0.6) is 5.75 Å². The molecule has 0 saturated carbocycles. The number of hydrogen-bond donors (Lipinski definition) is 1. The lowest BCUT2D eigenvalue weighted by atomic mass is 9.64. The van der Waals surface area contributed by atoms with Gasteiger partial charge in [0.25, 0.3) is 0 Å². The standard InChI is InChI=1S/C28H31NO/c1-18-17-28(2,3)29-23-14-13-22-26-20(11-8-12-24(26)30-4)16-21(27(22)25(18)23)15-19-9-6-5-7-10-19/h5-14,17,21,23,25,29H,15-16H2,1-4H3. The summed E-state index contributed by atoms with van der Waals surface area (Å²) in [4.78, 5) is 0. The first kappa shape index (κ1) is 19.4. The number of methoxy groups -OCH3 is 1. The molecule has 1 heterocycles. The molecule has 0 saturated heterocycles. The van der Waals surface area contributed by atoms with Gasteiger partial charge >= 0.3 is 0 Å². The second-order valence-corrected chi connectivity index (χ2v) is 9.57. The Balaban J connectivity index is 1.68. The van der Waals surface area contributed by atoms with Crippen LogP contribution in [0.4, 0.5) is 0 Å². The van der Waals surface area contributed by atoms with E-state index in [2.05, 4.69) is 92.8 Å². The van der Waals surface area contributed by atoms with Crippen molar-refractivity contribution in [3.8, 4) is 5.75 Å². The highest BCUT2D eigenvalue weighted by molar-refractivity contribution is 5.86. The predicted molar refractivity (Wildman–Crippen MR) is 125 cm³/mol. The Morgan fingerprint density at radius 2 is 1.87 bits per heavy atom. The van der Waals surface area contributed by atoms with Gasteiger partial charge < -0.3 is 10.1 Å². The number of hydrogen-bond acceptors (Lipinski definition) is 2. The van der Waals surface area contributed by atoms with Crippen LogP contribution in [0.25, 0.3) is 5.57 Å². The van der Waals surface area contributed by atoms with Crippen LogP contribution in [0.15, 0.2) is 77.9 Å². The minimum atomic E-state index is 0.0207. The van der Waals surface area contributed by atoms with Crippen LogP contribution in [0.1, 0.15) is 37.5 Å². The van der Waals surface area contributed by atoms with Crippen molar-refractivity contribution in [1.82, 2.24) is 5.32 Å². The third-order valence-corrected chi connectivity index (χ3v) is 6.93. The highest BCUT2D eigenvalue weighted by Crippen LogP contribution is 2.49. The number of allylic oxidation sites excluding steroid dienone is 2. The summed E-state index contributed by atoms with van der Waals surface area (Å²) < 4.78 is 5.81. The van der Waals surface area contributed by atoms with E-state index in [1.807, 2.05) is 0 Å². The van der Waals surface area contributed by atoms with Gasteiger partial charge in [-0.25, -0.2) is 0 Å². The molecule has 1 N–H and O–H groups in total. The van der Waals surface area contributed by atoms with Gasteiger partial charge in [0.1, 0.15) is 5.75 Å². The van der Waals surface area contributed by atoms with Crippen molar-refractivity contribution >= 4 is 5.57 Å². The van der Waals surface area contributed by atoms with Crippen molar-refractivity contribution < 1.29 is 4.74 Å². The molecule has 5 rings (SSSR count). The van der Waals surface area contributed by atoms with Crippen molar-refractivity contribution in [2.24, 2.45) is 11.8 Å². The zero-order chi connectivity index (χ0) is 20.9. The van der Waals surface area contributed by atoms with E-state index in [-0.39, 0.29) is 5.54 Å². The van der Waals surface area contributed by atoms with Crippen molar-refractivity contribution in [3.63, 3.8) is 0 Å². The van der Waals surface area contributed by atoms with E-state index in [1.54, 1.807) is 12.7 Å². The van der Waals surface area contributed by atoms with E-state index in [0.717, 1.165) is 18.6 Å². The summed E-state index contributed by atoms with van der Waals surface area (Å²) in [7, 11) is 1.79. The number of ether oxygens (including phenoxy) is 1. The number of rotatable bonds is 3. The van der Waals surface area contributed by atoms with E-state index in [1.165, 1.54) is 27.8 Å². The number of benzene rings is 2. The van der Waals surface area contributed by atoms with Gasteiger partial charge in [-0.2, -0.15) is 0 Å². The molecular formula is C28H31NO. The van der Waals surface area contributed by atoms with Gasteiger partial charge in [0.15, 0.2) is 0 Å². The molecule has 1 aliphatic heterocycles. The fourth-order valence-electron chi connectivity index (χ4n) is 5.94. The maximum absolute atomic E-state index is 5.81. The number of fused-ring (bicyclic) bond motifs is 4. The zero-order valence-corrected chi connectivity index (χ0v) is 18.4. The summed E-state index contributed by atoms with van der Waals surface area (Å²) in [5.74, 6) is 1.89. The average molecular weight is 398 g/mol. The molecule has 0 spiro atoms. The summed E-state index contributed by atoms with van der Waals surface area (Å²) in [6.07, 6.45) is 9.30. The maximum Gasteiger partial charge on any atom is 0.126 e. The van der Waals surface area contributed by atoms with Crippen LogP contribution in [0, 0.1) is 11.8 Å². The fraction of sp³-hybridized carbons (Fsp3) is 0.357. The highest BCUT2D eigenvalue weighted by atomic mass is 16.5. The molecule has 0 amide bonds. The molecule has 3 unspecified atom stereocenters. The lowest BCUT2D eigenvalue weighted by Gasteiger charge is -2.46. The first-order valence-electron chi connectivity index (χ1n) is 11.1. The molecule has 2 heteroatoms. The van der Waals surface area contributed by atoms with Crippen LogP contribution in [0.2, 0.25) is 0 Å². The molecule has 0 fully saturated rings. The van der Waals surface area contributed by atoms with E-state index in [9.17, 15) is 0 Å². The van der Waals surface area contributed by atoms with Gasteiger partial charge in [0.05, 0.1) is 7.11 Å². The molecule has 2 aliphatic carbocycles. The second kappa shape index (κ2) is 7.28. The molecule has 2 aromatic carbocycles. The Bertz CT molecular complexity index is 1060. The minimum Gasteiger partial charge on any atom is -0.496 e. The molecule has 30 heavy (non-hydrogen) atoms.